The van der Waals surface area contributed by atoms with Crippen molar-refractivity contribution in [1.82, 2.24) is 9.88 Å². The van der Waals surface area contributed by atoms with Gasteiger partial charge in [0.1, 0.15) is 5.75 Å². The minimum absolute atomic E-state index is 0.0738. The Hall–Kier alpha value is -1.62. The standard InChI is InChI=1S/C13H18N2O3/c16-9-3-5-10-4-2-8-15(10)13(18)12-11(17)6-1-7-14-12/h1,6-7,10,16-17H,2-5,8-9H2. The smallest absolute Gasteiger partial charge is 0.276 e. The van der Waals surface area contributed by atoms with Crippen LogP contribution in [-0.4, -0.2) is 45.2 Å². The Morgan fingerprint density at radius 1 is 1.56 bits per heavy atom. The number of likely N-dealkylation sites (tertiary alicyclic amines) is 1. The summed E-state index contributed by atoms with van der Waals surface area (Å²) < 4.78 is 0. The lowest BCUT2D eigenvalue weighted by Crippen LogP contribution is -2.36. The Kier molecular flexibility index (Phi) is 4.15. The van der Waals surface area contributed by atoms with Crippen molar-refractivity contribution in [2.45, 2.75) is 31.7 Å². The molecular weight excluding hydrogens is 232 g/mol. The lowest BCUT2D eigenvalue weighted by Gasteiger charge is -2.24. The number of amides is 1. The number of nitrogens with zero attached hydrogens (tertiary/aromatic N) is 2. The summed E-state index contributed by atoms with van der Waals surface area (Å²) in [5, 5.41) is 18.5. The van der Waals surface area contributed by atoms with E-state index in [9.17, 15) is 9.90 Å². The van der Waals surface area contributed by atoms with Crippen LogP contribution in [0, 0.1) is 0 Å². The number of aliphatic hydroxyl groups is 1. The number of pyridine rings is 1. The Balaban J connectivity index is 2.10. The van der Waals surface area contributed by atoms with Crippen LogP contribution in [0.3, 0.4) is 0 Å². The molecule has 18 heavy (non-hydrogen) atoms. The van der Waals surface area contributed by atoms with Gasteiger partial charge in [-0.1, -0.05) is 0 Å². The maximum atomic E-state index is 12.3. The molecule has 0 saturated carbocycles. The van der Waals surface area contributed by atoms with Crippen LogP contribution in [0.25, 0.3) is 0 Å². The molecule has 1 aromatic heterocycles. The summed E-state index contributed by atoms with van der Waals surface area (Å²) in [6.45, 7) is 0.846. The van der Waals surface area contributed by atoms with Crippen molar-refractivity contribution in [2.24, 2.45) is 0 Å². The van der Waals surface area contributed by atoms with Crippen molar-refractivity contribution in [1.29, 1.82) is 0 Å². The van der Waals surface area contributed by atoms with E-state index in [1.807, 2.05) is 0 Å². The molecule has 1 fully saturated rings. The third-order valence-electron chi connectivity index (χ3n) is 3.32. The van der Waals surface area contributed by atoms with E-state index >= 15 is 0 Å². The molecule has 1 saturated heterocycles. The highest BCUT2D eigenvalue weighted by Gasteiger charge is 2.30. The third-order valence-corrected chi connectivity index (χ3v) is 3.32. The molecule has 1 aliphatic heterocycles. The summed E-state index contributed by atoms with van der Waals surface area (Å²) in [7, 11) is 0. The molecule has 1 atom stereocenters. The SMILES string of the molecule is O=C(c1ncccc1O)N1CCCC1CCCO. The average molecular weight is 250 g/mol. The van der Waals surface area contributed by atoms with Crippen LogP contribution < -0.4 is 0 Å². The fourth-order valence-corrected chi connectivity index (χ4v) is 2.43. The van der Waals surface area contributed by atoms with Crippen molar-refractivity contribution >= 4 is 5.91 Å². The van der Waals surface area contributed by atoms with Gasteiger partial charge in [0, 0.05) is 25.4 Å². The zero-order chi connectivity index (χ0) is 13.0. The molecule has 2 N–H and O–H groups in total. The van der Waals surface area contributed by atoms with Crippen LogP contribution in [0.15, 0.2) is 18.3 Å². The fraction of sp³-hybridized carbons (Fsp3) is 0.538. The molecule has 0 aliphatic carbocycles. The molecule has 5 nitrogen and oxygen atoms in total. The molecule has 1 unspecified atom stereocenters. The van der Waals surface area contributed by atoms with E-state index in [-0.39, 0.29) is 30.0 Å². The van der Waals surface area contributed by atoms with Gasteiger partial charge in [0.2, 0.25) is 0 Å². The number of carbonyl (C=O) groups is 1. The highest BCUT2D eigenvalue weighted by molar-refractivity contribution is 5.95. The van der Waals surface area contributed by atoms with E-state index in [0.29, 0.717) is 13.0 Å². The van der Waals surface area contributed by atoms with E-state index < -0.39 is 0 Å². The predicted octanol–water partition coefficient (Wildman–Crippen LogP) is 1.16. The summed E-state index contributed by atoms with van der Waals surface area (Å²) in [5.41, 5.74) is 0.119. The average Bonchev–Trinajstić information content (AvgIpc) is 2.84. The number of aromatic nitrogens is 1. The fourth-order valence-electron chi connectivity index (χ4n) is 2.43. The van der Waals surface area contributed by atoms with E-state index in [1.54, 1.807) is 11.0 Å². The summed E-state index contributed by atoms with van der Waals surface area (Å²) in [4.78, 5) is 18.0. The third kappa shape index (κ3) is 2.61. The maximum absolute atomic E-state index is 12.3. The lowest BCUT2D eigenvalue weighted by molar-refractivity contribution is 0.0715. The first-order chi connectivity index (χ1) is 8.74. The monoisotopic (exact) mass is 250 g/mol. The summed E-state index contributed by atoms with van der Waals surface area (Å²) in [5.74, 6) is -0.288. The van der Waals surface area contributed by atoms with Gasteiger partial charge in [-0.25, -0.2) is 4.98 Å². The Labute approximate surface area is 106 Å². The molecule has 2 heterocycles. The minimum Gasteiger partial charge on any atom is -0.505 e. The van der Waals surface area contributed by atoms with Gasteiger partial charge >= 0.3 is 0 Å². The van der Waals surface area contributed by atoms with Gasteiger partial charge in [0.25, 0.3) is 5.91 Å². The Morgan fingerprint density at radius 2 is 2.39 bits per heavy atom. The molecule has 1 aliphatic rings. The Morgan fingerprint density at radius 3 is 3.11 bits per heavy atom. The zero-order valence-corrected chi connectivity index (χ0v) is 10.2. The Bertz CT molecular complexity index is 422. The van der Waals surface area contributed by atoms with Gasteiger partial charge in [-0.15, -0.1) is 0 Å². The first-order valence-electron chi connectivity index (χ1n) is 6.30. The molecule has 0 aromatic carbocycles. The van der Waals surface area contributed by atoms with Crippen LogP contribution in [-0.2, 0) is 0 Å². The van der Waals surface area contributed by atoms with Crippen LogP contribution >= 0.6 is 0 Å². The van der Waals surface area contributed by atoms with E-state index in [1.165, 1.54) is 12.3 Å². The first kappa shape index (κ1) is 12.8. The molecule has 1 amide bonds. The van der Waals surface area contributed by atoms with Crippen molar-refractivity contribution in [3.63, 3.8) is 0 Å². The number of aliphatic hydroxyl groups excluding tert-OH is 1. The number of carbonyl (C=O) groups excluding carboxylic acids is 1. The molecule has 0 bridgehead atoms. The second-order valence-electron chi connectivity index (χ2n) is 4.53. The number of hydrogen-bond acceptors (Lipinski definition) is 4. The second-order valence-corrected chi connectivity index (χ2v) is 4.53. The van der Waals surface area contributed by atoms with Crippen LogP contribution in [0.5, 0.6) is 5.75 Å². The number of hydrogen-bond donors (Lipinski definition) is 2. The summed E-state index contributed by atoms with van der Waals surface area (Å²) >= 11 is 0. The second kappa shape index (κ2) is 5.82. The van der Waals surface area contributed by atoms with Crippen molar-refractivity contribution in [3.8, 4) is 5.75 Å². The molecular formula is C13H18N2O3. The predicted molar refractivity (Wildman–Crippen MR) is 66.3 cm³/mol. The highest BCUT2D eigenvalue weighted by Crippen LogP contribution is 2.25. The van der Waals surface area contributed by atoms with Gasteiger partial charge in [-0.3, -0.25) is 4.79 Å². The molecule has 0 spiro atoms. The van der Waals surface area contributed by atoms with Crippen LogP contribution in [0.4, 0.5) is 0 Å². The van der Waals surface area contributed by atoms with Gasteiger partial charge < -0.3 is 15.1 Å². The first-order valence-corrected chi connectivity index (χ1v) is 6.30. The quantitative estimate of drug-likeness (QED) is 0.841. The number of rotatable bonds is 4. The van der Waals surface area contributed by atoms with E-state index in [2.05, 4.69) is 4.98 Å². The summed E-state index contributed by atoms with van der Waals surface area (Å²) in [6.07, 6.45) is 4.93. The molecule has 0 radical (unpaired) electrons. The van der Waals surface area contributed by atoms with E-state index in [4.69, 9.17) is 5.11 Å². The van der Waals surface area contributed by atoms with E-state index in [0.717, 1.165) is 19.3 Å². The van der Waals surface area contributed by atoms with Crippen molar-refractivity contribution < 1.29 is 15.0 Å². The van der Waals surface area contributed by atoms with Crippen LogP contribution in [0.2, 0.25) is 0 Å². The topological polar surface area (TPSA) is 73.7 Å². The summed E-state index contributed by atoms with van der Waals surface area (Å²) in [6, 6.07) is 3.23. The highest BCUT2D eigenvalue weighted by atomic mass is 16.3. The number of aromatic hydroxyl groups is 1. The minimum atomic E-state index is -0.214. The van der Waals surface area contributed by atoms with Crippen LogP contribution in [0.1, 0.15) is 36.2 Å². The molecule has 5 heteroatoms. The molecule has 1 aromatic rings. The molecule has 2 rings (SSSR count). The maximum Gasteiger partial charge on any atom is 0.276 e. The van der Waals surface area contributed by atoms with Gasteiger partial charge in [-0.05, 0) is 37.8 Å². The van der Waals surface area contributed by atoms with Crippen molar-refractivity contribution in [3.05, 3.63) is 24.0 Å². The molecule has 98 valence electrons. The normalized spacial score (nSPS) is 19.2. The zero-order valence-electron chi connectivity index (χ0n) is 10.2. The van der Waals surface area contributed by atoms with Gasteiger partial charge in [0.05, 0.1) is 0 Å². The lowest BCUT2D eigenvalue weighted by atomic mass is 10.1. The largest absolute Gasteiger partial charge is 0.505 e. The van der Waals surface area contributed by atoms with Gasteiger partial charge in [0.15, 0.2) is 5.69 Å². The van der Waals surface area contributed by atoms with Crippen molar-refractivity contribution in [2.75, 3.05) is 13.2 Å². The van der Waals surface area contributed by atoms with Gasteiger partial charge in [-0.2, -0.15) is 0 Å².